The normalized spacial score (nSPS) is 23.2. The highest BCUT2D eigenvalue weighted by Gasteiger charge is 2.57. The van der Waals surface area contributed by atoms with Crippen molar-refractivity contribution in [3.05, 3.63) is 35.9 Å². The minimum Gasteiger partial charge on any atom is -0.445 e. The Bertz CT molecular complexity index is 696. The van der Waals surface area contributed by atoms with E-state index in [0.29, 0.717) is 13.1 Å². The zero-order chi connectivity index (χ0) is 20.4. The zero-order valence-corrected chi connectivity index (χ0v) is 17.1. The van der Waals surface area contributed by atoms with Gasteiger partial charge in [-0.05, 0) is 39.2 Å². The van der Waals surface area contributed by atoms with Crippen LogP contribution >= 0.6 is 0 Å². The number of alkyl carbamates (subject to hydrolysis) is 1. The molecule has 2 fully saturated rings. The summed E-state index contributed by atoms with van der Waals surface area (Å²) in [6.07, 6.45) is 0.765. The van der Waals surface area contributed by atoms with Crippen LogP contribution in [0.15, 0.2) is 30.3 Å². The van der Waals surface area contributed by atoms with Gasteiger partial charge in [-0.1, -0.05) is 30.3 Å². The lowest BCUT2D eigenvalue weighted by atomic mass is 9.94. The number of carbonyl (C=O) groups excluding carboxylic acids is 2. The van der Waals surface area contributed by atoms with E-state index in [4.69, 9.17) is 14.2 Å². The molecule has 1 saturated heterocycles. The van der Waals surface area contributed by atoms with E-state index in [2.05, 4.69) is 5.32 Å². The minimum absolute atomic E-state index is 0.00861. The molecule has 2 amide bonds. The third kappa shape index (κ3) is 4.95. The summed E-state index contributed by atoms with van der Waals surface area (Å²) in [5.41, 5.74) is 0.0153. The lowest BCUT2D eigenvalue weighted by molar-refractivity contribution is 0.0359. The Morgan fingerprint density at radius 2 is 1.86 bits per heavy atom. The van der Waals surface area contributed by atoms with Crippen LogP contribution in [0.4, 0.5) is 9.59 Å². The highest BCUT2D eigenvalue weighted by atomic mass is 16.6. The van der Waals surface area contributed by atoms with Gasteiger partial charge >= 0.3 is 12.2 Å². The molecule has 0 aromatic heterocycles. The van der Waals surface area contributed by atoms with Crippen molar-refractivity contribution in [3.8, 4) is 0 Å². The topological polar surface area (TPSA) is 77.1 Å². The van der Waals surface area contributed by atoms with E-state index < -0.39 is 11.7 Å². The van der Waals surface area contributed by atoms with Crippen molar-refractivity contribution in [3.63, 3.8) is 0 Å². The van der Waals surface area contributed by atoms with Crippen molar-refractivity contribution in [2.45, 2.75) is 57.5 Å². The summed E-state index contributed by atoms with van der Waals surface area (Å²) >= 11 is 0. The first-order valence-corrected chi connectivity index (χ1v) is 9.72. The van der Waals surface area contributed by atoms with Crippen molar-refractivity contribution in [1.29, 1.82) is 0 Å². The van der Waals surface area contributed by atoms with E-state index >= 15 is 0 Å². The largest absolute Gasteiger partial charge is 0.445 e. The van der Waals surface area contributed by atoms with Gasteiger partial charge in [-0.25, -0.2) is 9.59 Å². The number of methoxy groups -OCH3 is 1. The van der Waals surface area contributed by atoms with Crippen molar-refractivity contribution in [2.75, 3.05) is 20.2 Å². The molecule has 1 aromatic carbocycles. The van der Waals surface area contributed by atoms with E-state index in [-0.39, 0.29) is 30.3 Å². The molecule has 2 aliphatic rings. The lowest BCUT2D eigenvalue weighted by Crippen LogP contribution is -2.48. The molecule has 154 valence electrons. The molecule has 0 radical (unpaired) electrons. The second-order valence-corrected chi connectivity index (χ2v) is 8.61. The van der Waals surface area contributed by atoms with Gasteiger partial charge in [0, 0.05) is 19.6 Å². The number of benzene rings is 1. The molecular weight excluding hydrogens is 360 g/mol. The molecule has 1 unspecified atom stereocenters. The third-order valence-corrected chi connectivity index (χ3v) is 5.28. The highest BCUT2D eigenvalue weighted by molar-refractivity contribution is 5.70. The summed E-state index contributed by atoms with van der Waals surface area (Å²) in [5.74, 6) is 0.00861. The summed E-state index contributed by atoms with van der Waals surface area (Å²) in [7, 11) is 1.64. The van der Waals surface area contributed by atoms with E-state index in [9.17, 15) is 9.59 Å². The smallest absolute Gasteiger partial charge is 0.410 e. The molecule has 1 aliphatic carbocycles. The number of hydrogen-bond donors (Lipinski definition) is 1. The molecule has 0 bridgehead atoms. The first kappa shape index (κ1) is 20.5. The molecule has 1 heterocycles. The van der Waals surface area contributed by atoms with Crippen molar-refractivity contribution in [1.82, 2.24) is 10.2 Å². The van der Waals surface area contributed by atoms with Crippen molar-refractivity contribution >= 4 is 12.2 Å². The molecule has 3 rings (SSSR count). The van der Waals surface area contributed by atoms with Crippen LogP contribution in [-0.4, -0.2) is 54.5 Å². The number of rotatable bonds is 5. The molecule has 1 aliphatic heterocycles. The Morgan fingerprint density at radius 3 is 2.43 bits per heavy atom. The zero-order valence-electron chi connectivity index (χ0n) is 17.1. The first-order chi connectivity index (χ1) is 13.2. The molecule has 7 nitrogen and oxygen atoms in total. The van der Waals surface area contributed by atoms with Gasteiger partial charge in [0.2, 0.25) is 0 Å². The van der Waals surface area contributed by atoms with Gasteiger partial charge in [-0.3, -0.25) is 0 Å². The maximum absolute atomic E-state index is 12.5. The molecule has 1 saturated carbocycles. The van der Waals surface area contributed by atoms with Gasteiger partial charge in [0.15, 0.2) is 0 Å². The molecular formula is C21H30N2O5. The number of nitrogens with one attached hydrogen (secondary N) is 1. The predicted octanol–water partition coefficient (Wildman–Crippen LogP) is 3.33. The summed E-state index contributed by atoms with van der Waals surface area (Å²) in [4.78, 5) is 26.4. The van der Waals surface area contributed by atoms with Crippen LogP contribution < -0.4 is 5.32 Å². The molecule has 1 N–H and O–H groups in total. The maximum Gasteiger partial charge on any atom is 0.410 e. The van der Waals surface area contributed by atoms with Crippen molar-refractivity contribution < 1.29 is 23.8 Å². The van der Waals surface area contributed by atoms with Crippen LogP contribution in [0.25, 0.3) is 0 Å². The van der Waals surface area contributed by atoms with E-state index in [1.807, 2.05) is 51.1 Å². The van der Waals surface area contributed by atoms with Gasteiger partial charge < -0.3 is 24.4 Å². The van der Waals surface area contributed by atoms with Crippen molar-refractivity contribution in [2.24, 2.45) is 5.92 Å². The van der Waals surface area contributed by atoms with Crippen LogP contribution in [0.2, 0.25) is 0 Å². The Labute approximate surface area is 166 Å². The Hall–Kier alpha value is -2.28. The molecule has 1 aromatic rings. The maximum atomic E-state index is 12.5. The number of ether oxygens (including phenoxy) is 3. The van der Waals surface area contributed by atoms with Gasteiger partial charge in [0.05, 0.1) is 18.2 Å². The summed E-state index contributed by atoms with van der Waals surface area (Å²) in [6.45, 7) is 6.69. The number of nitrogens with zero attached hydrogens (tertiary/aromatic N) is 1. The Kier molecular flexibility index (Phi) is 5.84. The monoisotopic (exact) mass is 390 g/mol. The number of hydrogen-bond acceptors (Lipinski definition) is 5. The summed E-state index contributed by atoms with van der Waals surface area (Å²) < 4.78 is 16.5. The van der Waals surface area contributed by atoms with E-state index in [1.54, 1.807) is 12.0 Å². The fraction of sp³-hybridized carbons (Fsp3) is 0.619. The highest BCUT2D eigenvalue weighted by Crippen LogP contribution is 2.47. The standard InChI is InChI=1S/C21H30N2O5/c1-20(2,3)28-18(24)22-21(10-11-21)16-12-23(13-17(16)26-4)19(25)27-14-15-8-6-5-7-9-15/h5-9,16-17H,10-14H2,1-4H3,(H,22,24)/t16-,17?/m0/s1. The van der Waals surface area contributed by atoms with Crippen LogP contribution in [0.3, 0.4) is 0 Å². The quantitative estimate of drug-likeness (QED) is 0.834. The fourth-order valence-corrected chi connectivity index (χ4v) is 3.73. The van der Waals surface area contributed by atoms with Crippen LogP contribution in [-0.2, 0) is 20.8 Å². The molecule has 28 heavy (non-hydrogen) atoms. The molecule has 2 atom stereocenters. The Morgan fingerprint density at radius 1 is 1.18 bits per heavy atom. The fourth-order valence-electron chi connectivity index (χ4n) is 3.73. The van der Waals surface area contributed by atoms with Gasteiger partial charge in [-0.15, -0.1) is 0 Å². The second kappa shape index (κ2) is 7.99. The summed E-state index contributed by atoms with van der Waals surface area (Å²) in [6, 6.07) is 9.58. The van der Waals surface area contributed by atoms with Gasteiger partial charge in [-0.2, -0.15) is 0 Å². The SMILES string of the molecule is COC1CN(C(=O)OCc2ccccc2)C[C@@H]1C1(NC(=O)OC(C)(C)C)CC1. The average molecular weight is 390 g/mol. The lowest BCUT2D eigenvalue weighted by Gasteiger charge is -2.29. The number of amides is 2. The molecule has 0 spiro atoms. The number of likely N-dealkylation sites (tertiary alicyclic amines) is 1. The second-order valence-electron chi connectivity index (χ2n) is 8.61. The molecule has 7 heteroatoms. The van der Waals surface area contributed by atoms with Gasteiger partial charge in [0.25, 0.3) is 0 Å². The Balaban J connectivity index is 1.58. The van der Waals surface area contributed by atoms with Crippen LogP contribution in [0.5, 0.6) is 0 Å². The van der Waals surface area contributed by atoms with E-state index in [0.717, 1.165) is 18.4 Å². The van der Waals surface area contributed by atoms with Crippen LogP contribution in [0, 0.1) is 5.92 Å². The average Bonchev–Trinajstić information content (AvgIpc) is 3.26. The van der Waals surface area contributed by atoms with Crippen LogP contribution in [0.1, 0.15) is 39.2 Å². The first-order valence-electron chi connectivity index (χ1n) is 9.72. The third-order valence-electron chi connectivity index (χ3n) is 5.28. The predicted molar refractivity (Wildman–Crippen MR) is 104 cm³/mol. The minimum atomic E-state index is -0.552. The number of carbonyl (C=O) groups is 2. The van der Waals surface area contributed by atoms with E-state index in [1.165, 1.54) is 0 Å². The van der Waals surface area contributed by atoms with Gasteiger partial charge in [0.1, 0.15) is 12.2 Å². The summed E-state index contributed by atoms with van der Waals surface area (Å²) in [5, 5.41) is 3.03.